The lowest BCUT2D eigenvalue weighted by atomic mass is 9.93. The first-order valence-electron chi connectivity index (χ1n) is 9.75. The zero-order valence-corrected chi connectivity index (χ0v) is 16.3. The van der Waals surface area contributed by atoms with E-state index in [1.165, 1.54) is 12.1 Å². The molecule has 0 aliphatic carbocycles. The molecule has 4 rings (SSSR count). The maximum Gasteiger partial charge on any atom is 0.123 e. The summed E-state index contributed by atoms with van der Waals surface area (Å²) in [5.74, 6) is 0.942. The summed E-state index contributed by atoms with van der Waals surface area (Å²) in [4.78, 5) is 4.15. The summed E-state index contributed by atoms with van der Waals surface area (Å²) < 4.78 is 18.6. The van der Waals surface area contributed by atoms with Gasteiger partial charge in [0.1, 0.15) is 11.6 Å². The van der Waals surface area contributed by atoms with Crippen LogP contribution in [0.2, 0.25) is 0 Å². The fraction of sp³-hybridized carbons (Fsp3) is 0.261. The van der Waals surface area contributed by atoms with Gasteiger partial charge in [-0.1, -0.05) is 24.3 Å². The zero-order chi connectivity index (χ0) is 20.1. The van der Waals surface area contributed by atoms with Gasteiger partial charge in [-0.15, -0.1) is 0 Å². The van der Waals surface area contributed by atoms with Crippen molar-refractivity contribution in [2.75, 3.05) is 20.2 Å². The number of nitrogens with one attached hydrogen (secondary N) is 3. The normalized spacial score (nSPS) is 19.8. The van der Waals surface area contributed by atoms with Crippen LogP contribution in [0, 0.1) is 11.7 Å². The second-order valence-electron chi connectivity index (χ2n) is 7.21. The summed E-state index contributed by atoms with van der Waals surface area (Å²) in [6, 6.07) is 19.1. The molecule has 3 aromatic rings. The first-order chi connectivity index (χ1) is 14.2. The van der Waals surface area contributed by atoms with Gasteiger partial charge >= 0.3 is 0 Å². The summed E-state index contributed by atoms with van der Waals surface area (Å²) in [6.45, 7) is 1.63. The van der Waals surface area contributed by atoms with Gasteiger partial charge < -0.3 is 10.1 Å². The fourth-order valence-electron chi connectivity index (χ4n) is 3.80. The standard InChI is InChI=1S/C23H25FN4O/c1-29-21-8-4-16(5-9-21)22(18-10-12-25-13-11-18)26-14-19-15-27-28-23(19)17-2-6-20(24)7-3-17/h2-13,19,22-23,26-28H,14-15H2,1H3. The van der Waals surface area contributed by atoms with Crippen LogP contribution in [0.1, 0.15) is 28.8 Å². The van der Waals surface area contributed by atoms with Gasteiger partial charge in [0.05, 0.1) is 19.2 Å². The van der Waals surface area contributed by atoms with Crippen molar-refractivity contribution in [1.29, 1.82) is 0 Å². The van der Waals surface area contributed by atoms with Crippen molar-refractivity contribution in [3.63, 3.8) is 0 Å². The minimum atomic E-state index is -0.216. The Labute approximate surface area is 170 Å². The Hall–Kier alpha value is -2.80. The highest BCUT2D eigenvalue weighted by molar-refractivity contribution is 5.35. The Morgan fingerprint density at radius 1 is 1.03 bits per heavy atom. The monoisotopic (exact) mass is 392 g/mol. The van der Waals surface area contributed by atoms with Crippen LogP contribution < -0.4 is 20.9 Å². The number of aromatic nitrogens is 1. The van der Waals surface area contributed by atoms with Crippen molar-refractivity contribution < 1.29 is 9.13 Å². The lowest BCUT2D eigenvalue weighted by molar-refractivity contribution is 0.413. The van der Waals surface area contributed by atoms with E-state index in [0.717, 1.165) is 35.5 Å². The minimum absolute atomic E-state index is 0.0402. The van der Waals surface area contributed by atoms with Crippen molar-refractivity contribution in [3.8, 4) is 5.75 Å². The Bertz CT molecular complexity index is 902. The number of rotatable bonds is 7. The molecule has 1 aromatic heterocycles. The number of hydrazine groups is 1. The second kappa shape index (κ2) is 9.13. The maximum absolute atomic E-state index is 13.3. The molecule has 1 aliphatic rings. The van der Waals surface area contributed by atoms with Crippen molar-refractivity contribution >= 4 is 0 Å². The van der Waals surface area contributed by atoms with E-state index in [9.17, 15) is 4.39 Å². The summed E-state index contributed by atoms with van der Waals surface area (Å²) in [5.41, 5.74) is 9.96. The van der Waals surface area contributed by atoms with Gasteiger partial charge in [0, 0.05) is 31.4 Å². The van der Waals surface area contributed by atoms with Crippen LogP contribution in [0.5, 0.6) is 5.75 Å². The predicted molar refractivity (Wildman–Crippen MR) is 111 cm³/mol. The van der Waals surface area contributed by atoms with Crippen molar-refractivity contribution in [3.05, 3.63) is 95.6 Å². The van der Waals surface area contributed by atoms with Crippen LogP contribution in [0.25, 0.3) is 0 Å². The molecular weight excluding hydrogens is 367 g/mol. The number of hydrogen-bond donors (Lipinski definition) is 3. The fourth-order valence-corrected chi connectivity index (χ4v) is 3.80. The Morgan fingerprint density at radius 2 is 1.72 bits per heavy atom. The Kier molecular flexibility index (Phi) is 6.14. The van der Waals surface area contributed by atoms with Crippen molar-refractivity contribution in [2.45, 2.75) is 12.1 Å². The molecule has 150 valence electrons. The number of ether oxygens (including phenoxy) is 1. The van der Waals surface area contributed by atoms with Crippen LogP contribution in [0.15, 0.2) is 73.1 Å². The summed E-state index contributed by atoms with van der Waals surface area (Å²) >= 11 is 0. The molecule has 2 heterocycles. The number of pyridine rings is 1. The highest BCUT2D eigenvalue weighted by Crippen LogP contribution is 2.28. The highest BCUT2D eigenvalue weighted by Gasteiger charge is 2.29. The third-order valence-corrected chi connectivity index (χ3v) is 5.40. The van der Waals surface area contributed by atoms with Crippen molar-refractivity contribution in [1.82, 2.24) is 21.2 Å². The van der Waals surface area contributed by atoms with Crippen LogP contribution in [0.3, 0.4) is 0 Å². The lowest BCUT2D eigenvalue weighted by Crippen LogP contribution is -2.32. The zero-order valence-electron chi connectivity index (χ0n) is 16.3. The van der Waals surface area contributed by atoms with Gasteiger partial charge in [-0.05, 0) is 53.1 Å². The minimum Gasteiger partial charge on any atom is -0.497 e. The molecule has 0 saturated carbocycles. The summed E-state index contributed by atoms with van der Waals surface area (Å²) in [6.07, 6.45) is 3.63. The third-order valence-electron chi connectivity index (χ3n) is 5.40. The van der Waals surface area contributed by atoms with E-state index < -0.39 is 0 Å². The number of hydrogen-bond acceptors (Lipinski definition) is 5. The lowest BCUT2D eigenvalue weighted by Gasteiger charge is -2.25. The van der Waals surface area contributed by atoms with Gasteiger partial charge in [0.15, 0.2) is 0 Å². The van der Waals surface area contributed by atoms with Gasteiger partial charge in [-0.3, -0.25) is 10.4 Å². The molecule has 1 aliphatic heterocycles. The molecule has 1 fully saturated rings. The van der Waals surface area contributed by atoms with Crippen molar-refractivity contribution in [2.24, 2.45) is 5.92 Å². The molecule has 0 radical (unpaired) electrons. The molecule has 0 bridgehead atoms. The molecule has 29 heavy (non-hydrogen) atoms. The van der Waals surface area contributed by atoms with Gasteiger partial charge in [-0.25, -0.2) is 9.82 Å². The second-order valence-corrected chi connectivity index (χ2v) is 7.21. The SMILES string of the molecule is COc1ccc(C(NCC2CNNC2c2ccc(F)cc2)c2ccncc2)cc1. The Morgan fingerprint density at radius 3 is 2.41 bits per heavy atom. The smallest absolute Gasteiger partial charge is 0.123 e. The van der Waals surface area contributed by atoms with Crippen LogP contribution in [0.4, 0.5) is 4.39 Å². The van der Waals surface area contributed by atoms with E-state index in [4.69, 9.17) is 4.74 Å². The third kappa shape index (κ3) is 4.62. The molecule has 3 atom stereocenters. The van der Waals surface area contributed by atoms with Gasteiger partial charge in [0.2, 0.25) is 0 Å². The van der Waals surface area contributed by atoms with Gasteiger partial charge in [0.25, 0.3) is 0 Å². The van der Waals surface area contributed by atoms with E-state index in [2.05, 4.69) is 33.3 Å². The number of methoxy groups -OCH3 is 1. The van der Waals surface area contributed by atoms with E-state index in [1.807, 2.05) is 48.8 Å². The van der Waals surface area contributed by atoms with Crippen LogP contribution in [-0.2, 0) is 0 Å². The summed E-state index contributed by atoms with van der Waals surface area (Å²) in [7, 11) is 1.67. The number of nitrogens with zero attached hydrogens (tertiary/aromatic N) is 1. The molecule has 1 saturated heterocycles. The first kappa shape index (κ1) is 19.5. The molecule has 3 unspecified atom stereocenters. The number of halogens is 1. The topological polar surface area (TPSA) is 58.2 Å². The maximum atomic E-state index is 13.3. The molecule has 5 nitrogen and oxygen atoms in total. The predicted octanol–water partition coefficient (Wildman–Crippen LogP) is 3.37. The summed E-state index contributed by atoms with van der Waals surface area (Å²) in [5, 5.41) is 3.72. The molecule has 3 N–H and O–H groups in total. The van der Waals surface area contributed by atoms with E-state index in [0.29, 0.717) is 5.92 Å². The highest BCUT2D eigenvalue weighted by atomic mass is 19.1. The van der Waals surface area contributed by atoms with Crippen LogP contribution in [-0.4, -0.2) is 25.2 Å². The van der Waals surface area contributed by atoms with Gasteiger partial charge in [-0.2, -0.15) is 0 Å². The van der Waals surface area contributed by atoms with E-state index >= 15 is 0 Å². The average molecular weight is 392 g/mol. The average Bonchev–Trinajstić information content (AvgIpc) is 3.24. The Balaban J connectivity index is 1.52. The molecule has 6 heteroatoms. The molecule has 2 aromatic carbocycles. The van der Waals surface area contributed by atoms with Crippen LogP contribution >= 0.6 is 0 Å². The molecule has 0 spiro atoms. The largest absolute Gasteiger partial charge is 0.497 e. The first-order valence-corrected chi connectivity index (χ1v) is 9.75. The molecular formula is C23H25FN4O. The molecule has 0 amide bonds. The van der Waals surface area contributed by atoms with E-state index in [-0.39, 0.29) is 17.9 Å². The van der Waals surface area contributed by atoms with E-state index in [1.54, 1.807) is 7.11 Å². The quantitative estimate of drug-likeness (QED) is 0.576. The number of benzene rings is 2.